The van der Waals surface area contributed by atoms with Gasteiger partial charge in [0.1, 0.15) is 5.25 Å². The molecule has 90 valence electrons. The van der Waals surface area contributed by atoms with Gasteiger partial charge in [0.25, 0.3) is 0 Å². The van der Waals surface area contributed by atoms with E-state index in [9.17, 15) is 13.2 Å². The maximum absolute atomic E-state index is 11.7. The number of hydrogen-bond acceptors (Lipinski definition) is 4. The van der Waals surface area contributed by atoms with E-state index in [1.807, 2.05) is 6.92 Å². The second-order valence-corrected chi connectivity index (χ2v) is 5.90. The Hall–Kier alpha value is -0.620. The number of rotatable bonds is 6. The van der Waals surface area contributed by atoms with Crippen LogP contribution in [0.3, 0.4) is 0 Å². The van der Waals surface area contributed by atoms with Gasteiger partial charge in [0.05, 0.1) is 5.75 Å². The van der Waals surface area contributed by atoms with Gasteiger partial charge in [-0.3, -0.25) is 4.79 Å². The molecular weight excluding hydrogens is 216 g/mol. The van der Waals surface area contributed by atoms with E-state index in [4.69, 9.17) is 5.73 Å². The zero-order valence-electron chi connectivity index (χ0n) is 9.49. The van der Waals surface area contributed by atoms with Gasteiger partial charge in [-0.05, 0) is 20.3 Å². The maximum atomic E-state index is 11.7. The highest BCUT2D eigenvalue weighted by molar-refractivity contribution is 7.92. The molecule has 1 amide bonds. The standard InChI is InChI=1S/C9H20N2O3S/c1-4-8(10)6-15(13,14)7(3)9(12)11-5-2/h7-8H,4-6,10H2,1-3H3,(H,11,12). The monoisotopic (exact) mass is 236 g/mol. The molecule has 0 saturated carbocycles. The number of carbonyl (C=O) groups is 1. The molecule has 0 fully saturated rings. The average Bonchev–Trinajstić information content (AvgIpc) is 2.16. The van der Waals surface area contributed by atoms with Crippen molar-refractivity contribution in [2.75, 3.05) is 12.3 Å². The van der Waals surface area contributed by atoms with E-state index in [0.29, 0.717) is 13.0 Å². The first kappa shape index (κ1) is 14.4. The number of sulfone groups is 1. The summed E-state index contributed by atoms with van der Waals surface area (Å²) < 4.78 is 23.4. The number of carbonyl (C=O) groups excluding carboxylic acids is 1. The fourth-order valence-corrected chi connectivity index (χ4v) is 2.57. The molecule has 0 aromatic heterocycles. The Bertz CT molecular complexity index is 300. The molecular formula is C9H20N2O3S. The van der Waals surface area contributed by atoms with Gasteiger partial charge in [0, 0.05) is 12.6 Å². The molecule has 0 aliphatic rings. The topological polar surface area (TPSA) is 89.3 Å². The van der Waals surface area contributed by atoms with E-state index in [0.717, 1.165) is 0 Å². The van der Waals surface area contributed by atoms with E-state index >= 15 is 0 Å². The van der Waals surface area contributed by atoms with Crippen LogP contribution in [-0.2, 0) is 14.6 Å². The van der Waals surface area contributed by atoms with Crippen LogP contribution >= 0.6 is 0 Å². The predicted molar refractivity (Wildman–Crippen MR) is 60.2 cm³/mol. The summed E-state index contributed by atoms with van der Waals surface area (Å²) in [5.41, 5.74) is 5.56. The van der Waals surface area contributed by atoms with Crippen molar-refractivity contribution in [2.45, 2.75) is 38.5 Å². The molecule has 0 rings (SSSR count). The number of hydrogen-bond donors (Lipinski definition) is 2. The van der Waals surface area contributed by atoms with Crippen molar-refractivity contribution < 1.29 is 13.2 Å². The number of nitrogens with two attached hydrogens (primary N) is 1. The third-order valence-corrected chi connectivity index (χ3v) is 4.41. The van der Waals surface area contributed by atoms with Crippen LogP contribution in [0.4, 0.5) is 0 Å². The lowest BCUT2D eigenvalue weighted by Crippen LogP contribution is -2.42. The molecule has 2 atom stereocenters. The Balaban J connectivity index is 4.52. The Morgan fingerprint density at radius 3 is 2.33 bits per heavy atom. The largest absolute Gasteiger partial charge is 0.355 e. The van der Waals surface area contributed by atoms with Gasteiger partial charge in [-0.15, -0.1) is 0 Å². The number of amides is 1. The predicted octanol–water partition coefficient (Wildman–Crippen LogP) is -0.337. The van der Waals surface area contributed by atoms with Crippen LogP contribution in [0.2, 0.25) is 0 Å². The van der Waals surface area contributed by atoms with Crippen molar-refractivity contribution in [3.8, 4) is 0 Å². The Morgan fingerprint density at radius 2 is 1.93 bits per heavy atom. The van der Waals surface area contributed by atoms with E-state index in [2.05, 4.69) is 5.32 Å². The SMILES string of the molecule is CCNC(=O)C(C)S(=O)(=O)CC(N)CC. The molecule has 0 aliphatic heterocycles. The van der Waals surface area contributed by atoms with Crippen LogP contribution < -0.4 is 11.1 Å². The fourth-order valence-electron chi connectivity index (χ4n) is 1.04. The minimum atomic E-state index is -3.43. The summed E-state index contributed by atoms with van der Waals surface area (Å²) >= 11 is 0. The molecule has 15 heavy (non-hydrogen) atoms. The molecule has 0 spiro atoms. The molecule has 0 aromatic rings. The summed E-state index contributed by atoms with van der Waals surface area (Å²) in [5.74, 6) is -0.595. The van der Waals surface area contributed by atoms with Crippen molar-refractivity contribution in [1.29, 1.82) is 0 Å². The zero-order chi connectivity index (χ0) is 12.1. The molecule has 5 nitrogen and oxygen atoms in total. The summed E-state index contributed by atoms with van der Waals surface area (Å²) in [6.45, 7) is 5.38. The van der Waals surface area contributed by atoms with E-state index in [1.54, 1.807) is 6.92 Å². The minimum Gasteiger partial charge on any atom is -0.355 e. The normalized spacial score (nSPS) is 15.7. The fraction of sp³-hybridized carbons (Fsp3) is 0.889. The van der Waals surface area contributed by atoms with Crippen LogP contribution in [0.1, 0.15) is 27.2 Å². The van der Waals surface area contributed by atoms with Gasteiger partial charge in [-0.1, -0.05) is 6.92 Å². The van der Waals surface area contributed by atoms with Gasteiger partial charge in [0.2, 0.25) is 5.91 Å². The number of nitrogens with one attached hydrogen (secondary N) is 1. The average molecular weight is 236 g/mol. The lowest BCUT2D eigenvalue weighted by Gasteiger charge is -2.15. The van der Waals surface area contributed by atoms with Crippen LogP contribution in [-0.4, -0.2) is 37.9 Å². The molecule has 0 aromatic carbocycles. The minimum absolute atomic E-state index is 0.137. The highest BCUT2D eigenvalue weighted by Crippen LogP contribution is 2.05. The summed E-state index contributed by atoms with van der Waals surface area (Å²) in [6.07, 6.45) is 0.585. The molecule has 3 N–H and O–H groups in total. The Kier molecular flexibility index (Phi) is 5.82. The lowest BCUT2D eigenvalue weighted by molar-refractivity contribution is -0.120. The molecule has 0 radical (unpaired) electrons. The third kappa shape index (κ3) is 4.61. The van der Waals surface area contributed by atoms with Gasteiger partial charge in [0.15, 0.2) is 9.84 Å². The second kappa shape index (κ2) is 6.07. The first-order valence-electron chi connectivity index (χ1n) is 5.10. The van der Waals surface area contributed by atoms with E-state index in [-0.39, 0.29) is 5.75 Å². The third-order valence-electron chi connectivity index (χ3n) is 2.23. The summed E-state index contributed by atoms with van der Waals surface area (Å²) in [6, 6.07) is -0.396. The first-order valence-corrected chi connectivity index (χ1v) is 6.81. The van der Waals surface area contributed by atoms with Crippen molar-refractivity contribution in [2.24, 2.45) is 5.73 Å². The van der Waals surface area contributed by atoms with E-state index in [1.165, 1.54) is 6.92 Å². The zero-order valence-corrected chi connectivity index (χ0v) is 10.3. The van der Waals surface area contributed by atoms with Gasteiger partial charge in [-0.2, -0.15) is 0 Å². The smallest absolute Gasteiger partial charge is 0.238 e. The van der Waals surface area contributed by atoms with E-state index < -0.39 is 27.0 Å². The van der Waals surface area contributed by atoms with Gasteiger partial charge < -0.3 is 11.1 Å². The van der Waals surface area contributed by atoms with Crippen molar-refractivity contribution in [3.05, 3.63) is 0 Å². The van der Waals surface area contributed by atoms with Gasteiger partial charge >= 0.3 is 0 Å². The van der Waals surface area contributed by atoms with Crippen molar-refractivity contribution >= 4 is 15.7 Å². The maximum Gasteiger partial charge on any atom is 0.238 e. The lowest BCUT2D eigenvalue weighted by atomic mass is 10.3. The molecule has 0 heterocycles. The summed E-state index contributed by atoms with van der Waals surface area (Å²) in [4.78, 5) is 11.3. The molecule has 0 saturated heterocycles. The first-order chi connectivity index (χ1) is 6.85. The molecule has 6 heteroatoms. The molecule has 2 unspecified atom stereocenters. The van der Waals surface area contributed by atoms with Crippen molar-refractivity contribution in [3.63, 3.8) is 0 Å². The van der Waals surface area contributed by atoms with Crippen molar-refractivity contribution in [1.82, 2.24) is 5.32 Å². The highest BCUT2D eigenvalue weighted by atomic mass is 32.2. The quantitative estimate of drug-likeness (QED) is 0.660. The summed E-state index contributed by atoms with van der Waals surface area (Å²) in [5, 5.41) is 1.47. The van der Waals surface area contributed by atoms with Gasteiger partial charge in [-0.25, -0.2) is 8.42 Å². The summed E-state index contributed by atoms with van der Waals surface area (Å²) in [7, 11) is -3.43. The highest BCUT2D eigenvalue weighted by Gasteiger charge is 2.28. The Labute approximate surface area is 91.3 Å². The molecule has 0 bridgehead atoms. The van der Waals surface area contributed by atoms with Crippen LogP contribution in [0.15, 0.2) is 0 Å². The molecule has 0 aliphatic carbocycles. The Morgan fingerprint density at radius 1 is 1.40 bits per heavy atom. The van der Waals surface area contributed by atoms with Crippen LogP contribution in [0.5, 0.6) is 0 Å². The van der Waals surface area contributed by atoms with Crippen LogP contribution in [0.25, 0.3) is 0 Å². The second-order valence-electron chi connectivity index (χ2n) is 3.53. The van der Waals surface area contributed by atoms with Crippen LogP contribution in [0, 0.1) is 0 Å².